The molecular formula is C13H14O2. The Morgan fingerprint density at radius 2 is 2.00 bits per heavy atom. The van der Waals surface area contributed by atoms with E-state index < -0.39 is 0 Å². The van der Waals surface area contributed by atoms with Gasteiger partial charge in [0.15, 0.2) is 5.78 Å². The number of carbonyl (C=O) groups is 1. The number of hydrogen-bond acceptors (Lipinski definition) is 2. The second kappa shape index (κ2) is 3.54. The Labute approximate surface area is 89.2 Å². The molecule has 0 amide bonds. The molecule has 1 fully saturated rings. The fourth-order valence-electron chi connectivity index (χ4n) is 1.89. The van der Waals surface area contributed by atoms with Crippen LogP contribution in [0.1, 0.15) is 24.8 Å². The van der Waals surface area contributed by atoms with Gasteiger partial charge in [0, 0.05) is 5.92 Å². The molecule has 78 valence electrons. The number of Topliss-reactive ketones (excluding diaryl/α,β-unsaturated/α-hetero) is 1. The first-order valence-electron chi connectivity index (χ1n) is 5.08. The molecule has 1 aromatic carbocycles. The molecule has 2 atom stereocenters. The summed E-state index contributed by atoms with van der Waals surface area (Å²) in [6, 6.07) is 7.09. The highest BCUT2D eigenvalue weighted by Gasteiger charge is 2.43. The fourth-order valence-corrected chi connectivity index (χ4v) is 1.89. The van der Waals surface area contributed by atoms with Crippen LogP contribution in [0.5, 0.6) is 5.75 Å². The lowest BCUT2D eigenvalue weighted by molar-refractivity contribution is -0.116. The van der Waals surface area contributed by atoms with Gasteiger partial charge in [-0.15, -0.1) is 0 Å². The van der Waals surface area contributed by atoms with Crippen molar-refractivity contribution in [2.75, 3.05) is 0 Å². The Morgan fingerprint density at radius 3 is 2.53 bits per heavy atom. The maximum Gasteiger partial charge on any atom is 0.161 e. The number of benzene rings is 1. The molecule has 2 heteroatoms. The van der Waals surface area contributed by atoms with E-state index in [-0.39, 0.29) is 17.5 Å². The first kappa shape index (κ1) is 9.97. The number of ketones is 1. The quantitative estimate of drug-likeness (QED) is 0.765. The maximum atomic E-state index is 11.6. The Hall–Kier alpha value is -1.57. The number of aromatic hydroxyl groups is 1. The normalized spacial score (nSPS) is 23.5. The summed E-state index contributed by atoms with van der Waals surface area (Å²) in [6.45, 7) is 5.43. The molecule has 0 spiro atoms. The molecule has 0 bridgehead atoms. The van der Waals surface area contributed by atoms with Crippen LogP contribution in [0.2, 0.25) is 0 Å². The van der Waals surface area contributed by atoms with E-state index in [0.717, 1.165) is 12.0 Å². The molecule has 15 heavy (non-hydrogen) atoms. The molecular weight excluding hydrogens is 188 g/mol. The van der Waals surface area contributed by atoms with Gasteiger partial charge in [0.25, 0.3) is 0 Å². The predicted molar refractivity (Wildman–Crippen MR) is 58.8 cm³/mol. The smallest absolute Gasteiger partial charge is 0.161 e. The molecule has 2 unspecified atom stereocenters. The third-order valence-corrected chi connectivity index (χ3v) is 2.87. The first-order valence-corrected chi connectivity index (χ1v) is 5.08. The topological polar surface area (TPSA) is 37.3 Å². The molecule has 1 aliphatic rings. The van der Waals surface area contributed by atoms with Crippen molar-refractivity contribution in [1.82, 2.24) is 0 Å². The molecule has 1 N–H and O–H groups in total. The highest BCUT2D eigenvalue weighted by Crippen LogP contribution is 2.49. The summed E-state index contributed by atoms with van der Waals surface area (Å²) >= 11 is 0. The van der Waals surface area contributed by atoms with E-state index in [1.54, 1.807) is 19.1 Å². The van der Waals surface area contributed by atoms with Crippen LogP contribution < -0.4 is 0 Å². The lowest BCUT2D eigenvalue weighted by Crippen LogP contribution is -2.02. The molecule has 0 aliphatic heterocycles. The summed E-state index contributed by atoms with van der Waals surface area (Å²) < 4.78 is 0. The highest BCUT2D eigenvalue weighted by atomic mass is 16.3. The molecule has 1 saturated carbocycles. The third kappa shape index (κ3) is 1.94. The van der Waals surface area contributed by atoms with Gasteiger partial charge in [-0.3, -0.25) is 4.79 Å². The van der Waals surface area contributed by atoms with Crippen molar-refractivity contribution in [3.8, 4) is 5.75 Å². The molecule has 0 heterocycles. The lowest BCUT2D eigenvalue weighted by Gasteiger charge is -2.00. The molecule has 2 nitrogen and oxygen atoms in total. The number of phenolic OH excluding ortho intramolecular Hbond substituents is 1. The molecule has 0 aromatic heterocycles. The van der Waals surface area contributed by atoms with Crippen LogP contribution in [0.15, 0.2) is 36.4 Å². The van der Waals surface area contributed by atoms with E-state index in [1.165, 1.54) is 0 Å². The highest BCUT2D eigenvalue weighted by molar-refractivity contribution is 5.98. The summed E-state index contributed by atoms with van der Waals surface area (Å²) in [5.74, 6) is 0.886. The van der Waals surface area contributed by atoms with Crippen molar-refractivity contribution < 1.29 is 9.90 Å². The van der Waals surface area contributed by atoms with Crippen molar-refractivity contribution in [2.45, 2.75) is 19.3 Å². The minimum atomic E-state index is 0.118. The zero-order chi connectivity index (χ0) is 11.0. The van der Waals surface area contributed by atoms with Crippen LogP contribution in [0.4, 0.5) is 0 Å². The van der Waals surface area contributed by atoms with Gasteiger partial charge in [-0.25, -0.2) is 0 Å². The van der Waals surface area contributed by atoms with Crippen LogP contribution in [0.25, 0.3) is 0 Å². The van der Waals surface area contributed by atoms with Crippen LogP contribution in [-0.2, 0) is 4.79 Å². The van der Waals surface area contributed by atoms with Gasteiger partial charge in [0.05, 0.1) is 0 Å². The average molecular weight is 202 g/mol. The number of phenols is 1. The Balaban J connectivity index is 2.08. The molecule has 0 saturated heterocycles. The second-order valence-electron chi connectivity index (χ2n) is 4.18. The van der Waals surface area contributed by atoms with Gasteiger partial charge in [0.2, 0.25) is 0 Å². The minimum Gasteiger partial charge on any atom is -0.508 e. The number of carbonyl (C=O) groups excluding carboxylic acids is 1. The number of rotatable bonds is 3. The zero-order valence-electron chi connectivity index (χ0n) is 8.73. The molecule has 0 radical (unpaired) electrons. The monoisotopic (exact) mass is 202 g/mol. The molecule has 1 aliphatic carbocycles. The maximum absolute atomic E-state index is 11.6. The fraction of sp³-hybridized carbons (Fsp3) is 0.308. The van der Waals surface area contributed by atoms with Crippen molar-refractivity contribution in [3.05, 3.63) is 42.0 Å². The van der Waals surface area contributed by atoms with Gasteiger partial charge < -0.3 is 5.11 Å². The van der Waals surface area contributed by atoms with Crippen LogP contribution in [0.3, 0.4) is 0 Å². The van der Waals surface area contributed by atoms with Crippen LogP contribution >= 0.6 is 0 Å². The van der Waals surface area contributed by atoms with Crippen LogP contribution in [0, 0.1) is 5.92 Å². The predicted octanol–water partition coefficient (Wildman–Crippen LogP) is 2.64. The Morgan fingerprint density at radius 1 is 1.40 bits per heavy atom. The van der Waals surface area contributed by atoms with E-state index >= 15 is 0 Å². The van der Waals surface area contributed by atoms with Gasteiger partial charge in [-0.1, -0.05) is 18.7 Å². The standard InChI is InChI=1S/C13H14O2/c1-8(2)13(15)12-7-11(12)9-3-5-10(14)6-4-9/h3-6,11-12,14H,1,7H2,2H3. The van der Waals surface area contributed by atoms with E-state index in [9.17, 15) is 4.79 Å². The molecule has 1 aromatic rings. The van der Waals surface area contributed by atoms with Crippen molar-refractivity contribution >= 4 is 5.78 Å². The SMILES string of the molecule is C=C(C)C(=O)C1CC1c1ccc(O)cc1. The van der Waals surface area contributed by atoms with E-state index in [1.807, 2.05) is 12.1 Å². The van der Waals surface area contributed by atoms with Crippen LogP contribution in [-0.4, -0.2) is 10.9 Å². The van der Waals surface area contributed by atoms with E-state index in [0.29, 0.717) is 11.5 Å². The minimum absolute atomic E-state index is 0.118. The second-order valence-corrected chi connectivity index (χ2v) is 4.18. The van der Waals surface area contributed by atoms with Crippen molar-refractivity contribution in [3.63, 3.8) is 0 Å². The van der Waals surface area contributed by atoms with Gasteiger partial charge in [-0.05, 0) is 42.5 Å². The van der Waals surface area contributed by atoms with Crippen molar-refractivity contribution in [2.24, 2.45) is 5.92 Å². The first-order chi connectivity index (χ1) is 7.09. The summed E-state index contributed by atoms with van der Waals surface area (Å²) in [7, 11) is 0. The summed E-state index contributed by atoms with van der Waals surface area (Å²) in [4.78, 5) is 11.6. The summed E-state index contributed by atoms with van der Waals surface area (Å²) in [5, 5.41) is 9.14. The number of hydrogen-bond donors (Lipinski definition) is 1. The van der Waals surface area contributed by atoms with E-state index in [4.69, 9.17) is 5.11 Å². The van der Waals surface area contributed by atoms with Gasteiger partial charge in [-0.2, -0.15) is 0 Å². The largest absolute Gasteiger partial charge is 0.508 e. The Bertz CT molecular complexity index is 403. The van der Waals surface area contributed by atoms with E-state index in [2.05, 4.69) is 6.58 Å². The zero-order valence-corrected chi connectivity index (χ0v) is 8.73. The van der Waals surface area contributed by atoms with Gasteiger partial charge >= 0.3 is 0 Å². The van der Waals surface area contributed by atoms with Gasteiger partial charge in [0.1, 0.15) is 5.75 Å². The Kier molecular flexibility index (Phi) is 2.35. The lowest BCUT2D eigenvalue weighted by atomic mass is 10.0. The summed E-state index contributed by atoms with van der Waals surface area (Å²) in [5.41, 5.74) is 1.77. The number of allylic oxidation sites excluding steroid dienone is 1. The third-order valence-electron chi connectivity index (χ3n) is 2.87. The van der Waals surface area contributed by atoms with Crippen molar-refractivity contribution in [1.29, 1.82) is 0 Å². The average Bonchev–Trinajstić information content (AvgIpc) is 2.97. The molecule has 2 rings (SSSR count). The summed E-state index contributed by atoms with van der Waals surface area (Å²) in [6.07, 6.45) is 0.913.